The van der Waals surface area contributed by atoms with Gasteiger partial charge in [0.25, 0.3) is 0 Å². The zero-order valence-corrected chi connectivity index (χ0v) is 19.7. The fourth-order valence-electron chi connectivity index (χ4n) is 3.98. The van der Waals surface area contributed by atoms with E-state index in [2.05, 4.69) is 4.98 Å². The van der Waals surface area contributed by atoms with Crippen molar-refractivity contribution in [1.29, 1.82) is 0 Å². The molecule has 0 spiro atoms. The molecule has 5 rings (SSSR count). The van der Waals surface area contributed by atoms with Crippen molar-refractivity contribution < 1.29 is 19.1 Å². The third-order valence-electron chi connectivity index (χ3n) is 5.62. The lowest BCUT2D eigenvalue weighted by Crippen LogP contribution is -2.31. The van der Waals surface area contributed by atoms with Gasteiger partial charge in [0.1, 0.15) is 5.25 Å². The Bertz CT molecular complexity index is 1420. The smallest absolute Gasteiger partial charge is 0.338 e. The van der Waals surface area contributed by atoms with E-state index in [9.17, 15) is 14.4 Å². The number of nitrogens with zero attached hydrogens (tertiary/aromatic N) is 3. The topological polar surface area (TPSA) is 89.5 Å². The maximum Gasteiger partial charge on any atom is 0.338 e. The van der Waals surface area contributed by atoms with E-state index in [1.165, 1.54) is 11.8 Å². The number of para-hydroxylation sites is 1. The molecule has 0 unspecified atom stereocenters. The molecule has 0 N–H and O–H groups in total. The molecule has 1 aliphatic heterocycles. The van der Waals surface area contributed by atoms with Gasteiger partial charge in [-0.2, -0.15) is 0 Å². The normalized spacial score (nSPS) is 15.6. The second kappa shape index (κ2) is 9.68. The number of hydrogen-bond donors (Lipinski definition) is 0. The third kappa shape index (κ3) is 4.52. The summed E-state index contributed by atoms with van der Waals surface area (Å²) in [5.41, 5.74) is 3.28. The Balaban J connectivity index is 1.41. The van der Waals surface area contributed by atoms with Gasteiger partial charge in [0.15, 0.2) is 5.16 Å². The number of carbonyl (C=O) groups excluding carboxylic acids is 3. The van der Waals surface area contributed by atoms with Gasteiger partial charge in [0.2, 0.25) is 11.8 Å². The quantitative estimate of drug-likeness (QED) is 0.219. The molecular formula is C27H21N3O4S. The van der Waals surface area contributed by atoms with Crippen molar-refractivity contribution in [1.82, 2.24) is 9.97 Å². The van der Waals surface area contributed by atoms with E-state index < -0.39 is 11.2 Å². The number of rotatable bonds is 6. The van der Waals surface area contributed by atoms with Crippen molar-refractivity contribution in [2.24, 2.45) is 0 Å². The summed E-state index contributed by atoms with van der Waals surface area (Å²) in [6, 6.07) is 23.8. The molecule has 1 aliphatic rings. The van der Waals surface area contributed by atoms with Gasteiger partial charge in [0.05, 0.1) is 29.1 Å². The van der Waals surface area contributed by atoms with Crippen LogP contribution in [0.2, 0.25) is 0 Å². The van der Waals surface area contributed by atoms with Crippen molar-refractivity contribution in [2.75, 3.05) is 11.5 Å². The van der Waals surface area contributed by atoms with Gasteiger partial charge in [-0.05, 0) is 37.3 Å². The Labute approximate surface area is 206 Å². The number of fused-ring (bicyclic) bond motifs is 1. The number of esters is 1. The monoisotopic (exact) mass is 483 g/mol. The highest BCUT2D eigenvalue weighted by Crippen LogP contribution is 2.35. The van der Waals surface area contributed by atoms with E-state index in [-0.39, 0.29) is 24.8 Å². The second-order valence-electron chi connectivity index (χ2n) is 7.88. The molecule has 1 fully saturated rings. The fourth-order valence-corrected chi connectivity index (χ4v) is 4.96. The van der Waals surface area contributed by atoms with E-state index in [1.807, 2.05) is 54.6 Å². The van der Waals surface area contributed by atoms with Crippen LogP contribution in [0.15, 0.2) is 84.0 Å². The standard InChI is InChI=1S/C27H21N3O4S/c1-2-34-26(33)18-12-14-19(15-13-18)30-23(31)16-22(25(30)32)35-27-28-21-11-7-6-10-20(21)24(29-27)17-8-4-3-5-9-17/h3-15,22H,2,16H2,1H3/t22-/m0/s1. The van der Waals surface area contributed by atoms with Crippen LogP contribution in [0.4, 0.5) is 5.69 Å². The largest absolute Gasteiger partial charge is 0.462 e. The second-order valence-corrected chi connectivity index (χ2v) is 9.05. The van der Waals surface area contributed by atoms with Gasteiger partial charge in [-0.25, -0.2) is 19.7 Å². The highest BCUT2D eigenvalue weighted by atomic mass is 32.2. The van der Waals surface area contributed by atoms with Crippen LogP contribution in [-0.4, -0.2) is 39.6 Å². The number of benzene rings is 3. The Morgan fingerprint density at radius 3 is 2.43 bits per heavy atom. The molecule has 4 aromatic rings. The molecule has 2 heterocycles. The van der Waals surface area contributed by atoms with Crippen LogP contribution < -0.4 is 4.90 Å². The first kappa shape index (κ1) is 22.7. The molecule has 0 bridgehead atoms. The Kier molecular flexibility index (Phi) is 6.29. The van der Waals surface area contributed by atoms with Gasteiger partial charge in [-0.1, -0.05) is 60.3 Å². The van der Waals surface area contributed by atoms with Crippen molar-refractivity contribution in [3.63, 3.8) is 0 Å². The van der Waals surface area contributed by atoms with E-state index in [0.29, 0.717) is 16.4 Å². The molecule has 7 nitrogen and oxygen atoms in total. The minimum atomic E-state index is -0.642. The van der Waals surface area contributed by atoms with E-state index in [0.717, 1.165) is 27.1 Å². The van der Waals surface area contributed by atoms with Crippen LogP contribution in [0.5, 0.6) is 0 Å². The van der Waals surface area contributed by atoms with Crippen molar-refractivity contribution >= 4 is 46.1 Å². The first-order valence-corrected chi connectivity index (χ1v) is 12.1. The third-order valence-corrected chi connectivity index (χ3v) is 6.67. The average Bonchev–Trinajstić information content (AvgIpc) is 3.16. The first-order valence-electron chi connectivity index (χ1n) is 11.2. The van der Waals surface area contributed by atoms with Gasteiger partial charge in [-0.15, -0.1) is 0 Å². The number of hydrogen-bond acceptors (Lipinski definition) is 7. The van der Waals surface area contributed by atoms with Crippen molar-refractivity contribution in [2.45, 2.75) is 23.8 Å². The molecule has 8 heteroatoms. The van der Waals surface area contributed by atoms with Crippen molar-refractivity contribution in [3.8, 4) is 11.3 Å². The molecule has 174 valence electrons. The van der Waals surface area contributed by atoms with Gasteiger partial charge < -0.3 is 4.74 Å². The van der Waals surface area contributed by atoms with E-state index in [1.54, 1.807) is 31.2 Å². The Morgan fingerprint density at radius 1 is 0.971 bits per heavy atom. The summed E-state index contributed by atoms with van der Waals surface area (Å²) in [4.78, 5) is 48.4. The maximum atomic E-state index is 13.2. The Hall–Kier alpha value is -4.04. The zero-order chi connectivity index (χ0) is 24.4. The highest BCUT2D eigenvalue weighted by Gasteiger charge is 2.40. The van der Waals surface area contributed by atoms with Gasteiger partial charge >= 0.3 is 5.97 Å². The summed E-state index contributed by atoms with van der Waals surface area (Å²) in [6.07, 6.45) is 0.0417. The molecule has 3 aromatic carbocycles. The van der Waals surface area contributed by atoms with Crippen LogP contribution in [-0.2, 0) is 14.3 Å². The average molecular weight is 484 g/mol. The number of carbonyl (C=O) groups is 3. The predicted molar refractivity (Wildman–Crippen MR) is 134 cm³/mol. The van der Waals surface area contributed by atoms with Gasteiger partial charge in [-0.3, -0.25) is 9.59 Å². The molecule has 1 aromatic heterocycles. The van der Waals surface area contributed by atoms with E-state index in [4.69, 9.17) is 9.72 Å². The SMILES string of the molecule is CCOC(=O)c1ccc(N2C(=O)C[C@H](Sc3nc(-c4ccccc4)c4ccccc4n3)C2=O)cc1. The fraction of sp³-hybridized carbons (Fsp3) is 0.148. The summed E-state index contributed by atoms with van der Waals surface area (Å²) in [5, 5.41) is 0.713. The minimum absolute atomic E-state index is 0.0417. The summed E-state index contributed by atoms with van der Waals surface area (Å²) in [5.74, 6) is -1.09. The summed E-state index contributed by atoms with van der Waals surface area (Å²) < 4.78 is 4.99. The van der Waals surface area contributed by atoms with E-state index >= 15 is 0 Å². The summed E-state index contributed by atoms with van der Waals surface area (Å²) in [6.45, 7) is 2.00. The zero-order valence-electron chi connectivity index (χ0n) is 18.9. The number of aromatic nitrogens is 2. The lowest BCUT2D eigenvalue weighted by atomic mass is 10.1. The molecule has 1 atom stereocenters. The van der Waals surface area contributed by atoms with Gasteiger partial charge in [0, 0.05) is 17.4 Å². The number of amides is 2. The Morgan fingerprint density at radius 2 is 1.69 bits per heavy atom. The van der Waals surface area contributed by atoms with Crippen LogP contribution >= 0.6 is 11.8 Å². The number of anilines is 1. The molecule has 35 heavy (non-hydrogen) atoms. The van der Waals surface area contributed by atoms with Crippen LogP contribution in [0.3, 0.4) is 0 Å². The summed E-state index contributed by atoms with van der Waals surface area (Å²) in [7, 11) is 0. The molecular weight excluding hydrogens is 462 g/mol. The maximum absolute atomic E-state index is 13.2. The minimum Gasteiger partial charge on any atom is -0.462 e. The summed E-state index contributed by atoms with van der Waals surface area (Å²) >= 11 is 1.19. The molecule has 2 amide bonds. The number of ether oxygens (including phenoxy) is 1. The molecule has 0 saturated carbocycles. The molecule has 0 aliphatic carbocycles. The van der Waals surface area contributed by atoms with Crippen LogP contribution in [0, 0.1) is 0 Å². The van der Waals surface area contributed by atoms with Crippen molar-refractivity contribution in [3.05, 3.63) is 84.4 Å². The number of thioether (sulfide) groups is 1. The number of imide groups is 1. The first-order chi connectivity index (χ1) is 17.0. The lowest BCUT2D eigenvalue weighted by molar-refractivity contribution is -0.121. The highest BCUT2D eigenvalue weighted by molar-refractivity contribution is 8.00. The lowest BCUT2D eigenvalue weighted by Gasteiger charge is -2.15. The van der Waals surface area contributed by atoms with Crippen LogP contribution in [0.25, 0.3) is 22.2 Å². The predicted octanol–water partition coefficient (Wildman–Crippen LogP) is 4.90. The molecule has 0 radical (unpaired) electrons. The molecule has 1 saturated heterocycles. The van der Waals surface area contributed by atoms with Crippen LogP contribution in [0.1, 0.15) is 23.7 Å².